The summed E-state index contributed by atoms with van der Waals surface area (Å²) in [7, 11) is 0. The van der Waals surface area contributed by atoms with Gasteiger partial charge in [-0.2, -0.15) is 0 Å². The summed E-state index contributed by atoms with van der Waals surface area (Å²) >= 11 is 0. The van der Waals surface area contributed by atoms with Crippen molar-refractivity contribution in [1.82, 2.24) is 4.90 Å². The molecule has 1 amide bonds. The lowest BCUT2D eigenvalue weighted by Gasteiger charge is -2.35. The van der Waals surface area contributed by atoms with Crippen molar-refractivity contribution in [2.45, 2.75) is 58.7 Å². The van der Waals surface area contributed by atoms with Gasteiger partial charge in [0.15, 0.2) is 0 Å². The van der Waals surface area contributed by atoms with Crippen molar-refractivity contribution in [3.63, 3.8) is 0 Å². The average molecular weight is 225 g/mol. The van der Waals surface area contributed by atoms with E-state index in [9.17, 15) is 4.79 Å². The summed E-state index contributed by atoms with van der Waals surface area (Å²) in [5, 5.41) is 0. The highest BCUT2D eigenvalue weighted by atomic mass is 16.5. The number of fused-ring (bicyclic) bond motifs is 1. The normalized spacial score (nSPS) is 34.2. The zero-order valence-corrected chi connectivity index (χ0v) is 10.8. The standard InChI is InChI=1S/C13H23NO2/c1-9(2)7-13-6-5-12(15)14(13)11(8-16-13)10(3)4/h9-11H,5-8H2,1-4H3/t11-,13+/m1/s1. The average Bonchev–Trinajstić information content (AvgIpc) is 2.65. The van der Waals surface area contributed by atoms with Gasteiger partial charge in [0, 0.05) is 12.8 Å². The number of carbonyl (C=O) groups excluding carboxylic acids is 1. The third-order valence-corrected chi connectivity index (χ3v) is 3.79. The second kappa shape index (κ2) is 4.02. The molecule has 0 saturated carbocycles. The van der Waals surface area contributed by atoms with E-state index in [1.165, 1.54) is 0 Å². The van der Waals surface area contributed by atoms with Crippen molar-refractivity contribution in [2.24, 2.45) is 11.8 Å². The molecule has 2 atom stereocenters. The monoisotopic (exact) mass is 225 g/mol. The molecular formula is C13H23NO2. The zero-order chi connectivity index (χ0) is 11.9. The molecule has 16 heavy (non-hydrogen) atoms. The number of rotatable bonds is 3. The van der Waals surface area contributed by atoms with Gasteiger partial charge in [-0.3, -0.25) is 4.79 Å². The van der Waals surface area contributed by atoms with Gasteiger partial charge in [-0.15, -0.1) is 0 Å². The van der Waals surface area contributed by atoms with Crippen molar-refractivity contribution >= 4 is 5.91 Å². The Bertz CT molecular complexity index is 288. The smallest absolute Gasteiger partial charge is 0.225 e. The summed E-state index contributed by atoms with van der Waals surface area (Å²) in [6.07, 6.45) is 2.52. The molecule has 2 rings (SSSR count). The van der Waals surface area contributed by atoms with Crippen LogP contribution in [0.3, 0.4) is 0 Å². The first-order valence-electron chi connectivity index (χ1n) is 6.42. The summed E-state index contributed by atoms with van der Waals surface area (Å²) in [4.78, 5) is 14.1. The summed E-state index contributed by atoms with van der Waals surface area (Å²) in [6, 6.07) is 0.286. The van der Waals surface area contributed by atoms with Gasteiger partial charge in [-0.25, -0.2) is 0 Å². The predicted octanol–water partition coefficient (Wildman–Crippen LogP) is 2.41. The molecule has 2 heterocycles. The summed E-state index contributed by atoms with van der Waals surface area (Å²) in [5.41, 5.74) is -0.264. The van der Waals surface area contributed by atoms with Gasteiger partial charge in [-0.1, -0.05) is 27.7 Å². The summed E-state index contributed by atoms with van der Waals surface area (Å²) in [5.74, 6) is 1.34. The first kappa shape index (κ1) is 11.9. The maximum atomic E-state index is 12.0. The van der Waals surface area contributed by atoms with Crippen LogP contribution in [0.5, 0.6) is 0 Å². The Morgan fingerprint density at radius 1 is 1.44 bits per heavy atom. The highest BCUT2D eigenvalue weighted by molar-refractivity contribution is 5.80. The van der Waals surface area contributed by atoms with Gasteiger partial charge in [0.25, 0.3) is 0 Å². The molecular weight excluding hydrogens is 202 g/mol. The van der Waals surface area contributed by atoms with Gasteiger partial charge in [0.1, 0.15) is 5.72 Å². The second-order valence-corrected chi connectivity index (χ2v) is 5.93. The van der Waals surface area contributed by atoms with Crippen LogP contribution in [0.2, 0.25) is 0 Å². The largest absolute Gasteiger partial charge is 0.353 e. The molecule has 0 unspecified atom stereocenters. The third-order valence-electron chi connectivity index (χ3n) is 3.79. The molecule has 2 aliphatic heterocycles. The summed E-state index contributed by atoms with van der Waals surface area (Å²) < 4.78 is 6.02. The molecule has 0 spiro atoms. The van der Waals surface area contributed by atoms with Crippen LogP contribution >= 0.6 is 0 Å². The lowest BCUT2D eigenvalue weighted by molar-refractivity contribution is -0.141. The fourth-order valence-electron chi connectivity index (χ4n) is 3.10. The Hall–Kier alpha value is -0.570. The van der Waals surface area contributed by atoms with Gasteiger partial charge in [-0.05, 0) is 18.3 Å². The van der Waals surface area contributed by atoms with Crippen LogP contribution in [0.15, 0.2) is 0 Å². The maximum Gasteiger partial charge on any atom is 0.225 e. The van der Waals surface area contributed by atoms with Crippen molar-refractivity contribution < 1.29 is 9.53 Å². The van der Waals surface area contributed by atoms with Crippen molar-refractivity contribution in [3.05, 3.63) is 0 Å². The van der Waals surface area contributed by atoms with E-state index >= 15 is 0 Å². The first-order chi connectivity index (χ1) is 7.46. The maximum absolute atomic E-state index is 12.0. The number of nitrogens with zero attached hydrogens (tertiary/aromatic N) is 1. The Kier molecular flexibility index (Phi) is 2.99. The molecule has 2 fully saturated rings. The lowest BCUT2D eigenvalue weighted by atomic mass is 9.97. The Morgan fingerprint density at radius 2 is 2.12 bits per heavy atom. The van der Waals surface area contributed by atoms with E-state index in [-0.39, 0.29) is 17.7 Å². The minimum Gasteiger partial charge on any atom is -0.353 e. The minimum absolute atomic E-state index is 0.264. The Balaban J connectivity index is 2.22. The highest BCUT2D eigenvalue weighted by Gasteiger charge is 2.54. The molecule has 3 nitrogen and oxygen atoms in total. The fourth-order valence-corrected chi connectivity index (χ4v) is 3.10. The lowest BCUT2D eigenvalue weighted by Crippen LogP contribution is -2.47. The van der Waals surface area contributed by atoms with E-state index in [0.29, 0.717) is 18.3 Å². The van der Waals surface area contributed by atoms with Crippen LogP contribution < -0.4 is 0 Å². The number of amides is 1. The van der Waals surface area contributed by atoms with Crippen LogP contribution in [0.4, 0.5) is 0 Å². The van der Waals surface area contributed by atoms with Crippen LogP contribution in [-0.4, -0.2) is 29.2 Å². The van der Waals surface area contributed by atoms with Crippen LogP contribution in [0.25, 0.3) is 0 Å². The van der Waals surface area contributed by atoms with Gasteiger partial charge in [0.2, 0.25) is 5.91 Å². The quantitative estimate of drug-likeness (QED) is 0.738. The van der Waals surface area contributed by atoms with E-state index in [1.54, 1.807) is 0 Å². The Morgan fingerprint density at radius 3 is 2.69 bits per heavy atom. The Labute approximate surface area is 98.1 Å². The SMILES string of the molecule is CC(C)C[C@@]12CCC(=O)N1[C@@H](C(C)C)CO2. The number of ether oxygens (including phenoxy) is 1. The molecule has 0 N–H and O–H groups in total. The number of carbonyl (C=O) groups is 1. The molecule has 2 saturated heterocycles. The molecule has 0 aromatic heterocycles. The minimum atomic E-state index is -0.264. The van der Waals surface area contributed by atoms with E-state index < -0.39 is 0 Å². The zero-order valence-electron chi connectivity index (χ0n) is 10.8. The van der Waals surface area contributed by atoms with Crippen LogP contribution in [-0.2, 0) is 9.53 Å². The molecule has 2 aliphatic rings. The molecule has 0 aromatic rings. The van der Waals surface area contributed by atoms with Crippen molar-refractivity contribution in [3.8, 4) is 0 Å². The number of hydrogen-bond acceptors (Lipinski definition) is 2. The second-order valence-electron chi connectivity index (χ2n) is 5.93. The molecule has 0 radical (unpaired) electrons. The third kappa shape index (κ3) is 1.75. The molecule has 0 bridgehead atoms. The molecule has 3 heteroatoms. The van der Waals surface area contributed by atoms with Gasteiger partial charge < -0.3 is 9.64 Å². The molecule has 0 aromatic carbocycles. The van der Waals surface area contributed by atoms with Crippen LogP contribution in [0, 0.1) is 11.8 Å². The van der Waals surface area contributed by atoms with E-state index in [4.69, 9.17) is 4.74 Å². The topological polar surface area (TPSA) is 29.5 Å². The first-order valence-corrected chi connectivity index (χ1v) is 6.42. The summed E-state index contributed by atoms with van der Waals surface area (Å²) in [6.45, 7) is 9.45. The van der Waals surface area contributed by atoms with E-state index in [2.05, 4.69) is 32.6 Å². The van der Waals surface area contributed by atoms with Crippen LogP contribution in [0.1, 0.15) is 47.0 Å². The molecule has 0 aliphatic carbocycles. The van der Waals surface area contributed by atoms with E-state index in [0.717, 1.165) is 19.4 Å². The van der Waals surface area contributed by atoms with Crippen molar-refractivity contribution in [1.29, 1.82) is 0 Å². The van der Waals surface area contributed by atoms with Gasteiger partial charge in [0.05, 0.1) is 12.6 Å². The molecule has 92 valence electrons. The highest BCUT2D eigenvalue weighted by Crippen LogP contribution is 2.44. The van der Waals surface area contributed by atoms with E-state index in [1.807, 2.05) is 0 Å². The number of hydrogen-bond donors (Lipinski definition) is 0. The van der Waals surface area contributed by atoms with Gasteiger partial charge >= 0.3 is 0 Å². The predicted molar refractivity (Wildman–Crippen MR) is 62.8 cm³/mol. The van der Waals surface area contributed by atoms with Crippen molar-refractivity contribution in [2.75, 3.05) is 6.61 Å². The fraction of sp³-hybridized carbons (Fsp3) is 0.923.